The Morgan fingerprint density at radius 3 is 1.97 bits per heavy atom. The minimum atomic E-state index is -0.799. The molecular formula is C29H48N2O4. The molecule has 0 bridgehead atoms. The Kier molecular flexibility index (Phi) is 16.6. The van der Waals surface area contributed by atoms with Gasteiger partial charge in [0.1, 0.15) is 12.1 Å². The number of unbranched alkanes of at least 4 members (excludes halogenated alkanes) is 8. The third-order valence-electron chi connectivity index (χ3n) is 6.11. The van der Waals surface area contributed by atoms with Crippen LogP contribution >= 0.6 is 0 Å². The van der Waals surface area contributed by atoms with Crippen LogP contribution in [-0.4, -0.2) is 36.5 Å². The summed E-state index contributed by atoms with van der Waals surface area (Å²) in [5.74, 6) is -1.02. The molecule has 6 nitrogen and oxygen atoms in total. The zero-order valence-electron chi connectivity index (χ0n) is 22.4. The topological polar surface area (TPSA) is 84.5 Å². The molecule has 198 valence electrons. The number of hydrogen-bond acceptors (Lipinski definition) is 4. The molecule has 1 aromatic rings. The van der Waals surface area contributed by atoms with Crippen molar-refractivity contribution in [1.82, 2.24) is 10.6 Å². The van der Waals surface area contributed by atoms with Crippen molar-refractivity contribution < 1.29 is 19.1 Å². The van der Waals surface area contributed by atoms with Crippen molar-refractivity contribution in [3.8, 4) is 0 Å². The summed E-state index contributed by atoms with van der Waals surface area (Å²) < 4.78 is 5.32. The van der Waals surface area contributed by atoms with Crippen LogP contribution in [0.3, 0.4) is 0 Å². The van der Waals surface area contributed by atoms with Gasteiger partial charge in [-0.1, -0.05) is 109 Å². The highest BCUT2D eigenvalue weighted by molar-refractivity contribution is 5.91. The van der Waals surface area contributed by atoms with Gasteiger partial charge in [0.25, 0.3) is 0 Å². The smallest absolute Gasteiger partial charge is 0.328 e. The second kappa shape index (κ2) is 18.9. The standard InChI is InChI=1S/C29H48N2O4/c1-5-7-8-9-10-11-12-13-17-20-26(32)31-27(23(3)4)28(33)30-25(29(34)35-21-6-2)22-24-18-15-14-16-19-24/h14-16,18-19,23,25,27H,5-13,17,20-22H2,1-4H3,(H,30,33)(H,31,32). The minimum Gasteiger partial charge on any atom is -0.464 e. The van der Waals surface area contributed by atoms with Gasteiger partial charge < -0.3 is 15.4 Å². The molecule has 0 aliphatic heterocycles. The molecule has 0 heterocycles. The van der Waals surface area contributed by atoms with Crippen LogP contribution in [0.4, 0.5) is 0 Å². The van der Waals surface area contributed by atoms with E-state index >= 15 is 0 Å². The Morgan fingerprint density at radius 2 is 1.40 bits per heavy atom. The first-order chi connectivity index (χ1) is 16.9. The van der Waals surface area contributed by atoms with E-state index in [0.717, 1.165) is 24.8 Å². The van der Waals surface area contributed by atoms with Gasteiger partial charge in [0.05, 0.1) is 6.61 Å². The number of carbonyl (C=O) groups excluding carboxylic acids is 3. The van der Waals surface area contributed by atoms with E-state index in [0.29, 0.717) is 25.9 Å². The zero-order valence-corrected chi connectivity index (χ0v) is 22.4. The molecule has 1 rings (SSSR count). The largest absolute Gasteiger partial charge is 0.464 e. The molecule has 0 fully saturated rings. The number of benzene rings is 1. The van der Waals surface area contributed by atoms with Gasteiger partial charge in [0.15, 0.2) is 0 Å². The average Bonchev–Trinajstić information content (AvgIpc) is 2.84. The van der Waals surface area contributed by atoms with Gasteiger partial charge in [-0.05, 0) is 24.3 Å². The monoisotopic (exact) mass is 488 g/mol. The van der Waals surface area contributed by atoms with Crippen LogP contribution in [0.25, 0.3) is 0 Å². The van der Waals surface area contributed by atoms with E-state index in [4.69, 9.17) is 4.74 Å². The summed E-state index contributed by atoms with van der Waals surface area (Å²) in [5, 5.41) is 5.73. The summed E-state index contributed by atoms with van der Waals surface area (Å²) in [4.78, 5) is 38.3. The second-order valence-electron chi connectivity index (χ2n) is 9.79. The first kappa shape index (κ1) is 30.7. The molecule has 0 aliphatic carbocycles. The molecule has 0 spiro atoms. The normalized spacial score (nSPS) is 12.7. The highest BCUT2D eigenvalue weighted by Gasteiger charge is 2.29. The predicted octanol–water partition coefficient (Wildman–Crippen LogP) is 5.73. The molecule has 0 radical (unpaired) electrons. The van der Waals surface area contributed by atoms with Crippen molar-refractivity contribution in [1.29, 1.82) is 0 Å². The zero-order chi connectivity index (χ0) is 25.9. The minimum absolute atomic E-state index is 0.105. The Hall–Kier alpha value is -2.37. The van der Waals surface area contributed by atoms with Crippen LogP contribution in [-0.2, 0) is 25.5 Å². The molecule has 0 saturated heterocycles. The van der Waals surface area contributed by atoms with Crippen molar-refractivity contribution in [2.24, 2.45) is 5.92 Å². The molecule has 2 N–H and O–H groups in total. The van der Waals surface area contributed by atoms with Gasteiger partial charge >= 0.3 is 5.97 Å². The van der Waals surface area contributed by atoms with Gasteiger partial charge in [0.2, 0.25) is 11.8 Å². The molecule has 0 aromatic heterocycles. The molecule has 2 atom stereocenters. The van der Waals surface area contributed by atoms with Gasteiger partial charge in [-0.25, -0.2) is 4.79 Å². The summed E-state index contributed by atoms with van der Waals surface area (Å²) in [5.41, 5.74) is 0.932. The highest BCUT2D eigenvalue weighted by Crippen LogP contribution is 2.12. The lowest BCUT2D eigenvalue weighted by atomic mass is 10.0. The first-order valence-electron chi connectivity index (χ1n) is 13.7. The lowest BCUT2D eigenvalue weighted by molar-refractivity contribution is -0.148. The third-order valence-corrected chi connectivity index (χ3v) is 6.11. The summed E-state index contributed by atoms with van der Waals surface area (Å²) in [7, 11) is 0. The molecule has 2 unspecified atom stereocenters. The predicted molar refractivity (Wildman–Crippen MR) is 142 cm³/mol. The van der Waals surface area contributed by atoms with Crippen LogP contribution in [0.15, 0.2) is 30.3 Å². The van der Waals surface area contributed by atoms with Crippen molar-refractivity contribution >= 4 is 17.8 Å². The number of carbonyl (C=O) groups is 3. The van der Waals surface area contributed by atoms with Crippen molar-refractivity contribution in [2.75, 3.05) is 6.61 Å². The van der Waals surface area contributed by atoms with Crippen LogP contribution in [0.2, 0.25) is 0 Å². The fourth-order valence-corrected chi connectivity index (χ4v) is 3.98. The van der Waals surface area contributed by atoms with E-state index in [2.05, 4.69) is 17.6 Å². The van der Waals surface area contributed by atoms with Gasteiger partial charge in [-0.3, -0.25) is 9.59 Å². The molecule has 0 saturated carbocycles. The molecule has 0 aliphatic rings. The van der Waals surface area contributed by atoms with Crippen LogP contribution in [0, 0.1) is 5.92 Å². The molecule has 6 heteroatoms. The first-order valence-corrected chi connectivity index (χ1v) is 13.7. The fraction of sp³-hybridized carbons (Fsp3) is 0.690. The van der Waals surface area contributed by atoms with Gasteiger partial charge in [-0.2, -0.15) is 0 Å². The number of hydrogen-bond donors (Lipinski definition) is 2. The van der Waals surface area contributed by atoms with Crippen LogP contribution in [0.5, 0.6) is 0 Å². The number of amides is 2. The van der Waals surface area contributed by atoms with Crippen molar-refractivity contribution in [3.05, 3.63) is 35.9 Å². The Labute approximate surface area is 213 Å². The maximum Gasteiger partial charge on any atom is 0.328 e. The lowest BCUT2D eigenvalue weighted by Gasteiger charge is -2.25. The van der Waals surface area contributed by atoms with Crippen LogP contribution in [0.1, 0.15) is 104 Å². The van der Waals surface area contributed by atoms with E-state index in [1.54, 1.807) is 0 Å². The molecule has 2 amide bonds. The molecule has 1 aromatic carbocycles. The number of nitrogens with one attached hydrogen (secondary N) is 2. The number of ether oxygens (including phenoxy) is 1. The second-order valence-corrected chi connectivity index (χ2v) is 9.79. The summed E-state index contributed by atoms with van der Waals surface area (Å²) in [6.45, 7) is 8.25. The Balaban J connectivity index is 2.55. The third kappa shape index (κ3) is 13.9. The van der Waals surface area contributed by atoms with Crippen molar-refractivity contribution in [2.45, 2.75) is 117 Å². The maximum atomic E-state index is 13.1. The van der Waals surface area contributed by atoms with E-state index in [1.165, 1.54) is 38.5 Å². The summed E-state index contributed by atoms with van der Waals surface area (Å²) >= 11 is 0. The van der Waals surface area contributed by atoms with E-state index < -0.39 is 18.1 Å². The lowest BCUT2D eigenvalue weighted by Crippen LogP contribution is -2.54. The van der Waals surface area contributed by atoms with Gasteiger partial charge in [-0.15, -0.1) is 0 Å². The molecular weight excluding hydrogens is 440 g/mol. The summed E-state index contributed by atoms with van der Waals surface area (Å²) in [6.07, 6.45) is 12.2. The van der Waals surface area contributed by atoms with Gasteiger partial charge in [0, 0.05) is 12.8 Å². The molecule has 35 heavy (non-hydrogen) atoms. The SMILES string of the molecule is CCCCCCCCCCCC(=O)NC(C(=O)NC(Cc1ccccc1)C(=O)OCCC)C(C)C. The highest BCUT2D eigenvalue weighted by atomic mass is 16.5. The quantitative estimate of drug-likeness (QED) is 0.192. The number of esters is 1. The van der Waals surface area contributed by atoms with Crippen LogP contribution < -0.4 is 10.6 Å². The maximum absolute atomic E-state index is 13.1. The van der Waals surface area contributed by atoms with E-state index in [-0.39, 0.29) is 17.7 Å². The Bertz CT molecular complexity index is 721. The van der Waals surface area contributed by atoms with Crippen molar-refractivity contribution in [3.63, 3.8) is 0 Å². The average molecular weight is 489 g/mol. The summed E-state index contributed by atoms with van der Waals surface area (Å²) in [6, 6.07) is 8.04. The fourth-order valence-electron chi connectivity index (χ4n) is 3.98. The van der Waals surface area contributed by atoms with E-state index in [9.17, 15) is 14.4 Å². The van der Waals surface area contributed by atoms with E-state index in [1.807, 2.05) is 51.1 Å². The number of rotatable bonds is 19. The Morgan fingerprint density at radius 1 is 0.800 bits per heavy atom.